The first-order chi connectivity index (χ1) is 25.6. The molecular weight excluding hydrogens is 698 g/mol. The first-order valence-electron chi connectivity index (χ1n) is 19.6. The molecule has 9 N–H and O–H groups in total. The minimum absolute atomic E-state index is 0.0377. The van der Waals surface area contributed by atoms with Crippen LogP contribution < -0.4 is 11.5 Å². The highest BCUT2D eigenvalue weighted by molar-refractivity contribution is 6.01. The van der Waals surface area contributed by atoms with Crippen LogP contribution in [0.4, 0.5) is 0 Å². The number of aliphatic carboxylic acids is 1. The number of nitrogens with zero attached hydrogens (tertiary/aromatic N) is 1. The summed E-state index contributed by atoms with van der Waals surface area (Å²) >= 11 is 0. The van der Waals surface area contributed by atoms with Crippen LogP contribution in [0.1, 0.15) is 86.1 Å². The quantitative estimate of drug-likeness (QED) is 0.0862. The van der Waals surface area contributed by atoms with Gasteiger partial charge in [0.25, 0.3) is 0 Å². The second kappa shape index (κ2) is 13.9. The van der Waals surface area contributed by atoms with Gasteiger partial charge in [0, 0.05) is 63.9 Å². The van der Waals surface area contributed by atoms with Gasteiger partial charge in [-0.05, 0) is 54.2 Å². The Morgan fingerprint density at radius 1 is 1.05 bits per heavy atom. The van der Waals surface area contributed by atoms with Crippen LogP contribution in [0.25, 0.3) is 6.08 Å². The van der Waals surface area contributed by atoms with Gasteiger partial charge in [-0.1, -0.05) is 96.2 Å². The second-order valence-electron chi connectivity index (χ2n) is 18.3. The minimum Gasteiger partial charge on any atom is -0.478 e. The third-order valence-electron chi connectivity index (χ3n) is 15.2. The number of hydrogen-bond donors (Lipinski definition) is 7. The predicted molar refractivity (Wildman–Crippen MR) is 210 cm³/mol. The number of Topliss-reactive ketones (excluding diaryl/α,β-unsaturated/α-hetero) is 2. The van der Waals surface area contributed by atoms with Gasteiger partial charge in [-0.15, -0.1) is 0 Å². The van der Waals surface area contributed by atoms with Crippen LogP contribution in [0.5, 0.6) is 0 Å². The Morgan fingerprint density at radius 2 is 1.71 bits per heavy atom. The minimum atomic E-state index is -1.38. The van der Waals surface area contributed by atoms with Crippen molar-refractivity contribution in [1.82, 2.24) is 0 Å². The van der Waals surface area contributed by atoms with Crippen LogP contribution >= 0.6 is 0 Å². The maximum Gasteiger partial charge on any atom is 0.331 e. The lowest BCUT2D eigenvalue weighted by Crippen LogP contribution is -2.64. The highest BCUT2D eigenvalue weighted by atomic mass is 16.4. The first kappa shape index (κ1) is 40.8. The van der Waals surface area contributed by atoms with E-state index >= 15 is 4.79 Å². The molecule has 0 saturated heterocycles. The van der Waals surface area contributed by atoms with Crippen molar-refractivity contribution in [3.63, 3.8) is 0 Å². The van der Waals surface area contributed by atoms with Crippen molar-refractivity contribution < 1.29 is 39.9 Å². The molecule has 1 aromatic rings. The molecule has 0 aliphatic heterocycles. The third-order valence-corrected chi connectivity index (χ3v) is 15.2. The molecule has 11 heteroatoms. The summed E-state index contributed by atoms with van der Waals surface area (Å²) < 4.78 is 0. The number of nitrogens with two attached hydrogens (primary N) is 2. The Kier molecular flexibility index (Phi) is 10.3. The van der Waals surface area contributed by atoms with E-state index in [1.54, 1.807) is 6.08 Å². The van der Waals surface area contributed by atoms with E-state index in [4.69, 9.17) is 11.5 Å². The van der Waals surface area contributed by atoms with E-state index in [0.717, 1.165) is 5.56 Å². The van der Waals surface area contributed by atoms with Crippen LogP contribution in [-0.2, 0) is 14.4 Å². The molecule has 0 heterocycles. The number of guanidine groups is 1. The highest BCUT2D eigenvalue weighted by Gasteiger charge is 2.76. The summed E-state index contributed by atoms with van der Waals surface area (Å²) in [6.07, 6.45) is 5.11. The monoisotopic (exact) mass is 757 g/mol. The Balaban J connectivity index is 1.55. The molecule has 55 heavy (non-hydrogen) atoms. The number of hydrogen-bond acceptors (Lipinski definition) is 8. The van der Waals surface area contributed by atoms with Gasteiger partial charge >= 0.3 is 5.97 Å². The summed E-state index contributed by atoms with van der Waals surface area (Å²) in [5.41, 5.74) is 8.82. The van der Waals surface area contributed by atoms with Crippen LogP contribution in [0.15, 0.2) is 76.3 Å². The fraction of sp³-hybridized carbons (Fsp3) is 0.591. The van der Waals surface area contributed by atoms with Gasteiger partial charge in [0.1, 0.15) is 5.78 Å². The number of aliphatic imine (C=N–C) groups is 1. The van der Waals surface area contributed by atoms with E-state index in [2.05, 4.69) is 11.9 Å². The van der Waals surface area contributed by atoms with Crippen molar-refractivity contribution in [2.24, 2.45) is 67.2 Å². The number of fused-ring (bicyclic) bond motifs is 5. The number of rotatable bonds is 8. The average molecular weight is 758 g/mol. The van der Waals surface area contributed by atoms with E-state index in [-0.39, 0.29) is 42.4 Å². The number of carbonyl (C=O) groups is 3. The van der Waals surface area contributed by atoms with E-state index in [1.165, 1.54) is 13.0 Å². The van der Waals surface area contributed by atoms with Gasteiger partial charge in [-0.25, -0.2) is 9.79 Å². The number of ketones is 2. The standard InChI is InChI=1S/C44H59N3O8/c1-23(48)19-26(38(54)55)20-29(49)33-24(2)44(18-15-28(33)47-39(45)46)22-32(52)43(7)35-34(30(50)21-42(43,44)6)41(5)17-16-31(51)40(3,4)37(41)27(36(35)53)14-13-25-11-9-8-10-12-25/h8-15,18,20,23-24,27-29,32-33,36-37,48-49,52-53H,16-17,19,21-22H2,1-7H3,(H,54,55)(H4,45,46,47). The molecule has 5 aliphatic rings. The molecular formula is C44H59N3O8. The SMILES string of the molecule is CC(O)CC(=CC(O)C1C(N=C(N)N)C=CC2(CC(O)C3(C)C4=C(C(=O)CC23C)C2(C)CCC(=O)C(C)(C)C2C(C=Cc2ccccc2)C4O)C1C)C(=O)O. The predicted octanol–water partition coefficient (Wildman–Crippen LogP) is 4.34. The molecule has 11 nitrogen and oxygen atoms in total. The molecule has 6 rings (SSSR count). The molecule has 13 unspecified atom stereocenters. The van der Waals surface area contributed by atoms with Gasteiger partial charge in [-0.3, -0.25) is 9.59 Å². The van der Waals surface area contributed by atoms with Crippen molar-refractivity contribution >= 4 is 29.6 Å². The lowest BCUT2D eigenvalue weighted by Gasteiger charge is -2.65. The molecule has 5 aliphatic carbocycles. The van der Waals surface area contributed by atoms with Crippen molar-refractivity contribution in [2.75, 3.05) is 0 Å². The van der Waals surface area contributed by atoms with Crippen LogP contribution in [0, 0.1) is 50.7 Å². The van der Waals surface area contributed by atoms with Gasteiger partial charge in [0.2, 0.25) is 0 Å². The zero-order valence-electron chi connectivity index (χ0n) is 33.1. The Bertz CT molecular complexity index is 1890. The smallest absolute Gasteiger partial charge is 0.331 e. The van der Waals surface area contributed by atoms with Crippen molar-refractivity contribution in [2.45, 2.75) is 111 Å². The molecule has 0 aromatic heterocycles. The Labute approximate surface area is 324 Å². The Hall–Kier alpha value is -3.90. The summed E-state index contributed by atoms with van der Waals surface area (Å²) in [5, 5.41) is 57.3. The van der Waals surface area contributed by atoms with Crippen molar-refractivity contribution in [3.8, 4) is 0 Å². The number of allylic oxidation sites excluding steroid dienone is 2. The average Bonchev–Trinajstić information content (AvgIpc) is 3.26. The normalized spacial score (nSPS) is 40.8. The van der Waals surface area contributed by atoms with E-state index in [0.29, 0.717) is 24.0 Å². The number of carboxylic acids is 1. The summed E-state index contributed by atoms with van der Waals surface area (Å²) in [7, 11) is 0. The molecule has 2 saturated carbocycles. The molecule has 298 valence electrons. The second-order valence-corrected chi connectivity index (χ2v) is 18.3. The number of carboxylic acid groups (broad SMARTS) is 1. The first-order valence-corrected chi connectivity index (χ1v) is 19.6. The fourth-order valence-corrected chi connectivity index (χ4v) is 12.5. The maximum absolute atomic E-state index is 15.1. The summed E-state index contributed by atoms with van der Waals surface area (Å²) in [6.45, 7) is 13.2. The fourth-order valence-electron chi connectivity index (χ4n) is 12.5. The van der Waals surface area contributed by atoms with Crippen LogP contribution in [-0.4, -0.2) is 79.5 Å². The van der Waals surface area contributed by atoms with Crippen LogP contribution in [0.3, 0.4) is 0 Å². The number of aliphatic hydroxyl groups excluding tert-OH is 4. The van der Waals surface area contributed by atoms with E-state index in [1.807, 2.05) is 83.2 Å². The molecule has 0 amide bonds. The maximum atomic E-state index is 15.1. The number of aliphatic hydroxyl groups is 4. The number of benzene rings is 1. The topological polar surface area (TPSA) is 217 Å². The summed E-state index contributed by atoms with van der Waals surface area (Å²) in [6, 6.07) is 8.96. The van der Waals surface area contributed by atoms with Gasteiger partial charge in [0.05, 0.1) is 30.5 Å². The molecule has 13 atom stereocenters. The largest absolute Gasteiger partial charge is 0.478 e. The number of carbonyl (C=O) groups excluding carboxylic acids is 2. The lowest BCUT2D eigenvalue weighted by atomic mass is 9.38. The van der Waals surface area contributed by atoms with Gasteiger partial charge < -0.3 is 37.0 Å². The lowest BCUT2D eigenvalue weighted by molar-refractivity contribution is -0.152. The van der Waals surface area contributed by atoms with Gasteiger partial charge in [-0.2, -0.15) is 0 Å². The summed E-state index contributed by atoms with van der Waals surface area (Å²) in [4.78, 5) is 45.4. The Morgan fingerprint density at radius 3 is 2.31 bits per heavy atom. The van der Waals surface area contributed by atoms with E-state index < -0.39 is 87.2 Å². The zero-order valence-corrected chi connectivity index (χ0v) is 33.1. The van der Waals surface area contributed by atoms with Crippen molar-refractivity contribution in [3.05, 3.63) is 76.9 Å². The van der Waals surface area contributed by atoms with Gasteiger partial charge in [0.15, 0.2) is 11.7 Å². The third kappa shape index (κ3) is 5.99. The molecule has 1 spiro atoms. The van der Waals surface area contributed by atoms with Crippen molar-refractivity contribution in [1.29, 1.82) is 0 Å². The highest BCUT2D eigenvalue weighted by Crippen LogP contribution is 2.77. The van der Waals surface area contributed by atoms with Crippen LogP contribution in [0.2, 0.25) is 0 Å². The molecule has 1 aromatic carbocycles. The molecule has 2 fully saturated rings. The molecule has 0 bridgehead atoms. The zero-order chi connectivity index (χ0) is 40.6. The molecule has 0 radical (unpaired) electrons. The van der Waals surface area contributed by atoms with E-state index in [9.17, 15) is 35.1 Å². The summed E-state index contributed by atoms with van der Waals surface area (Å²) in [5.74, 6) is -3.81.